The van der Waals surface area contributed by atoms with Gasteiger partial charge in [-0.05, 0) is 35.4 Å². The Bertz CT molecular complexity index is 1090. The fourth-order valence-corrected chi connectivity index (χ4v) is 4.63. The molecule has 3 aromatic rings. The van der Waals surface area contributed by atoms with Crippen LogP contribution in [0.15, 0.2) is 72.8 Å². The van der Waals surface area contributed by atoms with Crippen LogP contribution in [0.5, 0.6) is 0 Å². The van der Waals surface area contributed by atoms with Gasteiger partial charge in [-0.25, -0.2) is 0 Å². The van der Waals surface area contributed by atoms with E-state index in [1.165, 1.54) is 0 Å². The minimum absolute atomic E-state index is 0.110. The molecule has 0 aliphatic carbocycles. The third-order valence-corrected chi connectivity index (χ3v) is 6.43. The summed E-state index contributed by atoms with van der Waals surface area (Å²) in [6.45, 7) is 0.450. The minimum Gasteiger partial charge on any atom is -0.371 e. The van der Waals surface area contributed by atoms with E-state index in [0.717, 1.165) is 27.6 Å². The molecule has 0 unspecified atom stereocenters. The van der Waals surface area contributed by atoms with E-state index in [2.05, 4.69) is 16.0 Å². The van der Waals surface area contributed by atoms with Crippen LogP contribution in [0.25, 0.3) is 0 Å². The number of rotatable bonds is 7. The first-order valence-electron chi connectivity index (χ1n) is 9.95. The van der Waals surface area contributed by atoms with Crippen LogP contribution in [0.3, 0.4) is 0 Å². The lowest BCUT2D eigenvalue weighted by molar-refractivity contribution is -0.116. The van der Waals surface area contributed by atoms with Gasteiger partial charge in [-0.3, -0.25) is 9.59 Å². The number of fused-ring (bicyclic) bond motifs is 1. The van der Waals surface area contributed by atoms with Crippen molar-refractivity contribution in [2.75, 3.05) is 16.4 Å². The van der Waals surface area contributed by atoms with Gasteiger partial charge in [0.05, 0.1) is 11.4 Å². The lowest BCUT2D eigenvalue weighted by Gasteiger charge is -2.27. The molecular formula is C24H22ClN3O2S. The molecule has 0 fully saturated rings. The van der Waals surface area contributed by atoms with Crippen LogP contribution in [0.2, 0.25) is 5.02 Å². The van der Waals surface area contributed by atoms with Gasteiger partial charge in [-0.15, -0.1) is 0 Å². The second-order valence-electron chi connectivity index (χ2n) is 7.22. The van der Waals surface area contributed by atoms with Crippen molar-refractivity contribution in [3.63, 3.8) is 0 Å². The van der Waals surface area contributed by atoms with Crippen LogP contribution in [0.4, 0.5) is 11.4 Å². The molecular weight excluding hydrogens is 430 g/mol. The molecule has 3 aromatic carbocycles. The first-order chi connectivity index (χ1) is 15.1. The summed E-state index contributed by atoms with van der Waals surface area (Å²) in [5.74, 6) is 1.05. The molecule has 0 radical (unpaired) electrons. The molecule has 1 aliphatic heterocycles. The molecule has 0 spiro atoms. The molecule has 31 heavy (non-hydrogen) atoms. The highest BCUT2D eigenvalue weighted by Crippen LogP contribution is 2.29. The highest BCUT2D eigenvalue weighted by molar-refractivity contribution is 7.98. The van der Waals surface area contributed by atoms with Gasteiger partial charge in [0.25, 0.3) is 5.91 Å². The molecule has 0 aromatic heterocycles. The molecule has 1 aliphatic rings. The number of anilines is 2. The quantitative estimate of drug-likeness (QED) is 0.476. The third-order valence-electron chi connectivity index (χ3n) is 4.98. The molecule has 1 atom stereocenters. The van der Waals surface area contributed by atoms with Crippen molar-refractivity contribution in [2.24, 2.45) is 0 Å². The Kier molecular flexibility index (Phi) is 6.79. The largest absolute Gasteiger partial charge is 0.371 e. The van der Waals surface area contributed by atoms with Crippen molar-refractivity contribution >= 4 is 46.6 Å². The topological polar surface area (TPSA) is 70.2 Å². The lowest BCUT2D eigenvalue weighted by Crippen LogP contribution is -2.40. The van der Waals surface area contributed by atoms with E-state index in [4.69, 9.17) is 11.6 Å². The van der Waals surface area contributed by atoms with Crippen LogP contribution >= 0.6 is 23.4 Å². The third kappa shape index (κ3) is 5.40. The van der Waals surface area contributed by atoms with Gasteiger partial charge in [-0.2, -0.15) is 11.8 Å². The SMILES string of the molecule is O=C(NCc1ccccc1)c1ccc2c(c1)NC(=O)[C@H](CSCc1ccccc1Cl)N2. The number of benzene rings is 3. The molecule has 1 heterocycles. The number of carbonyl (C=O) groups is 2. The number of hydrogen-bond donors (Lipinski definition) is 3. The van der Waals surface area contributed by atoms with E-state index in [1.807, 2.05) is 60.7 Å². The molecule has 7 heteroatoms. The Labute approximate surface area is 190 Å². The van der Waals surface area contributed by atoms with Crippen molar-refractivity contribution in [3.8, 4) is 0 Å². The molecule has 3 N–H and O–H groups in total. The zero-order valence-corrected chi connectivity index (χ0v) is 18.3. The predicted molar refractivity (Wildman–Crippen MR) is 128 cm³/mol. The van der Waals surface area contributed by atoms with Crippen LogP contribution < -0.4 is 16.0 Å². The minimum atomic E-state index is -0.349. The van der Waals surface area contributed by atoms with Crippen molar-refractivity contribution in [1.29, 1.82) is 0 Å². The highest BCUT2D eigenvalue weighted by atomic mass is 35.5. The van der Waals surface area contributed by atoms with Crippen LogP contribution in [0, 0.1) is 0 Å². The van der Waals surface area contributed by atoms with E-state index in [-0.39, 0.29) is 17.9 Å². The summed E-state index contributed by atoms with van der Waals surface area (Å²) in [7, 11) is 0. The van der Waals surface area contributed by atoms with E-state index >= 15 is 0 Å². The fraction of sp³-hybridized carbons (Fsp3) is 0.167. The van der Waals surface area contributed by atoms with Crippen molar-refractivity contribution in [3.05, 3.63) is 94.5 Å². The number of thioether (sulfide) groups is 1. The zero-order chi connectivity index (χ0) is 21.6. The number of halogens is 1. The molecule has 158 valence electrons. The standard InChI is InChI=1S/C24H22ClN3O2S/c25-19-9-5-4-8-18(19)14-31-15-22-24(30)28-21-12-17(10-11-20(21)27-22)23(29)26-13-16-6-2-1-3-7-16/h1-12,22,27H,13-15H2,(H,26,29)(H,28,30)/t22-/m0/s1. The number of carbonyl (C=O) groups excluding carboxylic acids is 2. The average Bonchev–Trinajstić information content (AvgIpc) is 2.79. The maximum atomic E-state index is 12.5. The maximum absolute atomic E-state index is 12.5. The summed E-state index contributed by atoms with van der Waals surface area (Å²) in [6.07, 6.45) is 0. The number of hydrogen-bond acceptors (Lipinski definition) is 4. The Balaban J connectivity index is 1.34. The lowest BCUT2D eigenvalue weighted by atomic mass is 10.1. The Morgan fingerprint density at radius 2 is 1.77 bits per heavy atom. The van der Waals surface area contributed by atoms with Crippen LogP contribution in [-0.4, -0.2) is 23.6 Å². The number of nitrogens with one attached hydrogen (secondary N) is 3. The predicted octanol–water partition coefficient (Wildman–Crippen LogP) is 4.94. The smallest absolute Gasteiger partial charge is 0.251 e. The Morgan fingerprint density at radius 1 is 1.00 bits per heavy atom. The van der Waals surface area contributed by atoms with E-state index in [0.29, 0.717) is 23.5 Å². The molecule has 0 bridgehead atoms. The molecule has 2 amide bonds. The highest BCUT2D eigenvalue weighted by Gasteiger charge is 2.26. The van der Waals surface area contributed by atoms with Gasteiger partial charge in [0.15, 0.2) is 0 Å². The van der Waals surface area contributed by atoms with E-state index in [1.54, 1.807) is 23.9 Å². The summed E-state index contributed by atoms with van der Waals surface area (Å²) in [5.41, 5.74) is 4.01. The van der Waals surface area contributed by atoms with Crippen LogP contribution in [0.1, 0.15) is 21.5 Å². The fourth-order valence-electron chi connectivity index (χ4n) is 3.29. The molecule has 0 saturated carbocycles. The van der Waals surface area contributed by atoms with Crippen molar-refractivity contribution in [1.82, 2.24) is 5.32 Å². The first-order valence-corrected chi connectivity index (χ1v) is 11.5. The van der Waals surface area contributed by atoms with E-state index in [9.17, 15) is 9.59 Å². The summed E-state index contributed by atoms with van der Waals surface area (Å²) >= 11 is 7.84. The summed E-state index contributed by atoms with van der Waals surface area (Å²) in [4.78, 5) is 25.0. The summed E-state index contributed by atoms with van der Waals surface area (Å²) in [5, 5.41) is 9.83. The van der Waals surface area contributed by atoms with E-state index < -0.39 is 0 Å². The first kappa shape index (κ1) is 21.3. The Morgan fingerprint density at radius 3 is 2.58 bits per heavy atom. The molecule has 5 nitrogen and oxygen atoms in total. The number of amides is 2. The molecule has 0 saturated heterocycles. The average molecular weight is 452 g/mol. The van der Waals surface area contributed by atoms with Gasteiger partial charge in [-0.1, -0.05) is 60.1 Å². The van der Waals surface area contributed by atoms with Crippen LogP contribution in [-0.2, 0) is 17.1 Å². The van der Waals surface area contributed by atoms with Gasteiger partial charge in [0.2, 0.25) is 5.91 Å². The second kappa shape index (κ2) is 9.90. The van der Waals surface area contributed by atoms with Crippen molar-refractivity contribution in [2.45, 2.75) is 18.3 Å². The van der Waals surface area contributed by atoms with Gasteiger partial charge in [0.1, 0.15) is 6.04 Å². The monoisotopic (exact) mass is 451 g/mol. The van der Waals surface area contributed by atoms with Gasteiger partial charge in [0, 0.05) is 28.6 Å². The second-order valence-corrected chi connectivity index (χ2v) is 8.66. The van der Waals surface area contributed by atoms with Gasteiger partial charge >= 0.3 is 0 Å². The maximum Gasteiger partial charge on any atom is 0.251 e. The normalized spacial score (nSPS) is 14.9. The Hall–Kier alpha value is -2.96. The summed E-state index contributed by atoms with van der Waals surface area (Å²) < 4.78 is 0. The summed E-state index contributed by atoms with van der Waals surface area (Å²) in [6, 6.07) is 22.4. The zero-order valence-electron chi connectivity index (χ0n) is 16.7. The van der Waals surface area contributed by atoms with Crippen molar-refractivity contribution < 1.29 is 9.59 Å². The van der Waals surface area contributed by atoms with Gasteiger partial charge < -0.3 is 16.0 Å². The molecule has 4 rings (SSSR count).